The molecule has 0 fully saturated rings. The Hall–Kier alpha value is -1.55. The van der Waals surface area contributed by atoms with Crippen LogP contribution in [-0.2, 0) is 4.79 Å². The first kappa shape index (κ1) is 8.55. The zero-order chi connectivity index (χ0) is 9.14. The van der Waals surface area contributed by atoms with Gasteiger partial charge in [-0.3, -0.25) is 10.5 Å². The molecule has 3 N–H and O–H groups in total. The van der Waals surface area contributed by atoms with Crippen molar-refractivity contribution in [2.24, 2.45) is 0 Å². The monoisotopic (exact) mass is 166 g/mol. The number of carbonyl (C=O) groups is 1. The van der Waals surface area contributed by atoms with E-state index in [0.29, 0.717) is 5.56 Å². The number of nitrogens with one attached hydrogen (secondary N) is 1. The lowest BCUT2D eigenvalue weighted by Gasteiger charge is -2.04. The maximum absolute atomic E-state index is 10.4. The highest BCUT2D eigenvalue weighted by Gasteiger charge is 2.13. The number of phenolic OH excluding ortho intramolecular Hbond substituents is 1. The van der Waals surface area contributed by atoms with Gasteiger partial charge in [0.05, 0.1) is 0 Å². The average molecular weight is 166 g/mol. The molecule has 1 rings (SSSR count). The standard InChI is InChI=1S/C8H8NO3/c9-8(12)7(11)5-1-3-6(10)4-2-5/h1-4,7,9-11H. The maximum Gasteiger partial charge on any atom is 0.271 e. The minimum absolute atomic E-state index is 0.0587. The first-order valence-electron chi connectivity index (χ1n) is 3.33. The summed E-state index contributed by atoms with van der Waals surface area (Å²) in [5.41, 5.74) is 6.94. The van der Waals surface area contributed by atoms with E-state index in [4.69, 9.17) is 15.9 Å². The molecule has 4 heteroatoms. The molecular formula is C8H8NO3. The number of aliphatic hydroxyl groups is 1. The van der Waals surface area contributed by atoms with Crippen LogP contribution in [0.1, 0.15) is 11.7 Å². The van der Waals surface area contributed by atoms with E-state index in [1.807, 2.05) is 0 Å². The fraction of sp³-hybridized carbons (Fsp3) is 0.125. The highest BCUT2D eigenvalue weighted by Crippen LogP contribution is 2.16. The fourth-order valence-electron chi connectivity index (χ4n) is 0.808. The molecule has 0 saturated carbocycles. The van der Waals surface area contributed by atoms with Gasteiger partial charge in [-0.15, -0.1) is 0 Å². The number of benzene rings is 1. The van der Waals surface area contributed by atoms with Crippen molar-refractivity contribution in [2.75, 3.05) is 0 Å². The van der Waals surface area contributed by atoms with Gasteiger partial charge in [0.25, 0.3) is 5.91 Å². The fourth-order valence-corrected chi connectivity index (χ4v) is 0.808. The Morgan fingerprint density at radius 2 is 1.83 bits per heavy atom. The molecular weight excluding hydrogens is 158 g/mol. The molecule has 12 heavy (non-hydrogen) atoms. The molecule has 0 bridgehead atoms. The molecule has 0 aliphatic heterocycles. The quantitative estimate of drug-likeness (QED) is 0.660. The van der Waals surface area contributed by atoms with Crippen molar-refractivity contribution in [2.45, 2.75) is 6.10 Å². The van der Waals surface area contributed by atoms with Crippen molar-refractivity contribution < 1.29 is 15.0 Å². The topological polar surface area (TPSA) is 81.3 Å². The minimum atomic E-state index is -1.41. The molecule has 1 aromatic carbocycles. The molecule has 0 saturated heterocycles. The Balaban J connectivity index is 2.89. The Morgan fingerprint density at radius 3 is 2.25 bits per heavy atom. The molecule has 63 valence electrons. The van der Waals surface area contributed by atoms with E-state index in [9.17, 15) is 4.79 Å². The summed E-state index contributed by atoms with van der Waals surface area (Å²) in [6.45, 7) is 0. The number of carbonyl (C=O) groups excluding carboxylic acids is 1. The largest absolute Gasteiger partial charge is 0.508 e. The van der Waals surface area contributed by atoms with Crippen LogP contribution in [0.3, 0.4) is 0 Å². The van der Waals surface area contributed by atoms with Crippen LogP contribution >= 0.6 is 0 Å². The highest BCUT2D eigenvalue weighted by molar-refractivity contribution is 5.79. The first-order valence-corrected chi connectivity index (χ1v) is 3.33. The van der Waals surface area contributed by atoms with Gasteiger partial charge in [-0.2, -0.15) is 0 Å². The van der Waals surface area contributed by atoms with Crippen LogP contribution in [0.25, 0.3) is 0 Å². The third-order valence-electron chi connectivity index (χ3n) is 1.46. The third kappa shape index (κ3) is 1.73. The van der Waals surface area contributed by atoms with Gasteiger partial charge < -0.3 is 10.2 Å². The van der Waals surface area contributed by atoms with Crippen molar-refractivity contribution in [3.63, 3.8) is 0 Å². The summed E-state index contributed by atoms with van der Waals surface area (Å²) >= 11 is 0. The van der Waals surface area contributed by atoms with Crippen LogP contribution in [0.4, 0.5) is 0 Å². The van der Waals surface area contributed by atoms with Crippen LogP contribution < -0.4 is 5.73 Å². The van der Waals surface area contributed by atoms with Crippen molar-refractivity contribution in [3.05, 3.63) is 29.8 Å². The van der Waals surface area contributed by atoms with E-state index in [-0.39, 0.29) is 5.75 Å². The Morgan fingerprint density at radius 1 is 1.33 bits per heavy atom. The van der Waals surface area contributed by atoms with Crippen LogP contribution in [0.2, 0.25) is 0 Å². The van der Waals surface area contributed by atoms with Gasteiger partial charge in [0.1, 0.15) is 5.75 Å². The molecule has 4 nitrogen and oxygen atoms in total. The van der Waals surface area contributed by atoms with E-state index in [1.165, 1.54) is 24.3 Å². The van der Waals surface area contributed by atoms with Crippen LogP contribution in [0.5, 0.6) is 5.75 Å². The third-order valence-corrected chi connectivity index (χ3v) is 1.46. The lowest BCUT2D eigenvalue weighted by Crippen LogP contribution is -2.11. The second kappa shape index (κ2) is 3.23. The van der Waals surface area contributed by atoms with Crippen molar-refractivity contribution >= 4 is 5.91 Å². The average Bonchev–Trinajstić information content (AvgIpc) is 2.04. The van der Waals surface area contributed by atoms with Gasteiger partial charge in [-0.05, 0) is 17.7 Å². The molecule has 1 amide bonds. The Kier molecular flexibility index (Phi) is 2.30. The van der Waals surface area contributed by atoms with E-state index >= 15 is 0 Å². The summed E-state index contributed by atoms with van der Waals surface area (Å²) < 4.78 is 0. The number of phenols is 1. The zero-order valence-electron chi connectivity index (χ0n) is 6.19. The van der Waals surface area contributed by atoms with Gasteiger partial charge in [0, 0.05) is 0 Å². The van der Waals surface area contributed by atoms with Gasteiger partial charge in [0.15, 0.2) is 6.10 Å². The molecule has 0 heterocycles. The molecule has 1 radical (unpaired) electrons. The maximum atomic E-state index is 10.4. The summed E-state index contributed by atoms with van der Waals surface area (Å²) in [7, 11) is 0. The predicted molar refractivity (Wildman–Crippen MR) is 41.2 cm³/mol. The normalized spacial score (nSPS) is 12.4. The van der Waals surface area contributed by atoms with Crippen LogP contribution in [0, 0.1) is 0 Å². The smallest absolute Gasteiger partial charge is 0.271 e. The SMILES string of the molecule is [NH]C(=O)C(O)c1ccc(O)cc1. The number of aromatic hydroxyl groups is 1. The first-order chi connectivity index (χ1) is 5.61. The summed E-state index contributed by atoms with van der Waals surface area (Å²) in [5, 5.41) is 17.9. The summed E-state index contributed by atoms with van der Waals surface area (Å²) in [4.78, 5) is 10.4. The molecule has 0 aromatic heterocycles. The van der Waals surface area contributed by atoms with E-state index in [1.54, 1.807) is 0 Å². The Labute approximate surface area is 69.3 Å². The summed E-state index contributed by atoms with van der Waals surface area (Å²) in [5.74, 6) is -0.996. The van der Waals surface area contributed by atoms with Crippen molar-refractivity contribution in [1.82, 2.24) is 5.73 Å². The van der Waals surface area contributed by atoms with Gasteiger partial charge in [0.2, 0.25) is 0 Å². The number of hydrogen-bond donors (Lipinski definition) is 2. The van der Waals surface area contributed by atoms with Crippen LogP contribution in [-0.4, -0.2) is 16.1 Å². The lowest BCUT2D eigenvalue weighted by atomic mass is 10.1. The predicted octanol–water partition coefficient (Wildman–Crippen LogP) is 0.235. The summed E-state index contributed by atoms with van der Waals surface area (Å²) in [6.07, 6.45) is -1.41. The second-order valence-electron chi connectivity index (χ2n) is 2.36. The second-order valence-corrected chi connectivity index (χ2v) is 2.36. The number of aliphatic hydroxyl groups excluding tert-OH is 1. The highest BCUT2D eigenvalue weighted by atomic mass is 16.3. The molecule has 1 aromatic rings. The van der Waals surface area contributed by atoms with Crippen molar-refractivity contribution in [1.29, 1.82) is 0 Å². The van der Waals surface area contributed by atoms with Crippen LogP contribution in [0.15, 0.2) is 24.3 Å². The van der Waals surface area contributed by atoms with Crippen molar-refractivity contribution in [3.8, 4) is 5.75 Å². The molecule has 1 atom stereocenters. The molecule has 0 spiro atoms. The zero-order valence-corrected chi connectivity index (χ0v) is 6.19. The lowest BCUT2D eigenvalue weighted by molar-refractivity contribution is -0.126. The molecule has 0 aliphatic rings. The molecule has 1 unspecified atom stereocenters. The van der Waals surface area contributed by atoms with Gasteiger partial charge >= 0.3 is 0 Å². The Bertz CT molecular complexity index is 281. The van der Waals surface area contributed by atoms with Gasteiger partial charge in [-0.25, -0.2) is 0 Å². The van der Waals surface area contributed by atoms with E-state index in [0.717, 1.165) is 0 Å². The summed E-state index contributed by atoms with van der Waals surface area (Å²) in [6, 6.07) is 5.49. The molecule has 0 aliphatic carbocycles. The number of hydrogen-bond acceptors (Lipinski definition) is 3. The van der Waals surface area contributed by atoms with Gasteiger partial charge in [-0.1, -0.05) is 12.1 Å². The number of rotatable bonds is 2. The minimum Gasteiger partial charge on any atom is -0.508 e. The van der Waals surface area contributed by atoms with E-state index in [2.05, 4.69) is 0 Å². The van der Waals surface area contributed by atoms with E-state index < -0.39 is 12.0 Å². The number of amides is 1.